The molecule has 16 heavy (non-hydrogen) atoms. The van der Waals surface area contributed by atoms with Crippen LogP contribution in [0.1, 0.15) is 31.7 Å². The fourth-order valence-corrected chi connectivity index (χ4v) is 1.76. The van der Waals surface area contributed by atoms with Crippen LogP contribution in [0.4, 0.5) is 0 Å². The normalized spacial score (nSPS) is 9.81. The summed E-state index contributed by atoms with van der Waals surface area (Å²) in [5, 5.41) is 9.18. The summed E-state index contributed by atoms with van der Waals surface area (Å²) >= 11 is 6.12. The van der Waals surface area contributed by atoms with Crippen molar-refractivity contribution in [1.29, 1.82) is 5.26 Å². The highest BCUT2D eigenvalue weighted by atomic mass is 35.5. The summed E-state index contributed by atoms with van der Waals surface area (Å²) in [6, 6.07) is 7.81. The molecule has 0 saturated carbocycles. The first kappa shape index (κ1) is 12.9. The van der Waals surface area contributed by atoms with Crippen LogP contribution in [-0.2, 0) is 6.42 Å². The van der Waals surface area contributed by atoms with Gasteiger partial charge in [0.25, 0.3) is 0 Å². The van der Waals surface area contributed by atoms with Gasteiger partial charge in [-0.3, -0.25) is 0 Å². The minimum Gasteiger partial charge on any atom is -0.493 e. The lowest BCUT2D eigenvalue weighted by molar-refractivity contribution is 0.309. The van der Waals surface area contributed by atoms with E-state index in [9.17, 15) is 0 Å². The molecule has 0 aliphatic rings. The Morgan fingerprint density at radius 1 is 1.44 bits per heavy atom. The van der Waals surface area contributed by atoms with Crippen molar-refractivity contribution in [2.75, 3.05) is 6.61 Å². The smallest absolute Gasteiger partial charge is 0.123 e. The molecule has 0 bridgehead atoms. The van der Waals surface area contributed by atoms with Gasteiger partial charge in [0.05, 0.1) is 12.7 Å². The Kier molecular flexibility index (Phi) is 5.74. The van der Waals surface area contributed by atoms with Crippen molar-refractivity contribution >= 4 is 11.6 Å². The molecule has 1 aromatic carbocycles. The van der Waals surface area contributed by atoms with Crippen molar-refractivity contribution in [1.82, 2.24) is 0 Å². The van der Waals surface area contributed by atoms with E-state index in [1.54, 1.807) is 0 Å². The predicted molar refractivity (Wildman–Crippen MR) is 65.8 cm³/mol. The third kappa shape index (κ3) is 3.75. The van der Waals surface area contributed by atoms with E-state index in [4.69, 9.17) is 21.6 Å². The van der Waals surface area contributed by atoms with E-state index < -0.39 is 0 Å². The Bertz CT molecular complexity index is 371. The second-order valence-electron chi connectivity index (χ2n) is 3.58. The van der Waals surface area contributed by atoms with E-state index in [1.807, 2.05) is 18.2 Å². The second kappa shape index (κ2) is 7.14. The van der Waals surface area contributed by atoms with Crippen molar-refractivity contribution in [3.8, 4) is 11.8 Å². The molecule has 0 aliphatic carbocycles. The predicted octanol–water partition coefficient (Wildman–Crippen LogP) is 3.98. The van der Waals surface area contributed by atoms with Crippen LogP contribution in [0.25, 0.3) is 0 Å². The Balaban J connectivity index is 2.64. The number of nitriles is 1. The highest BCUT2D eigenvalue weighted by molar-refractivity contribution is 6.31. The average molecular weight is 238 g/mol. The van der Waals surface area contributed by atoms with Crippen molar-refractivity contribution in [3.05, 3.63) is 28.8 Å². The van der Waals surface area contributed by atoms with Crippen LogP contribution < -0.4 is 4.74 Å². The van der Waals surface area contributed by atoms with Crippen LogP contribution >= 0.6 is 11.6 Å². The molecule has 0 heterocycles. The molecule has 1 rings (SSSR count). The van der Waals surface area contributed by atoms with Gasteiger partial charge in [-0.25, -0.2) is 0 Å². The fourth-order valence-electron chi connectivity index (χ4n) is 1.50. The number of benzene rings is 1. The Morgan fingerprint density at radius 2 is 2.25 bits per heavy atom. The lowest BCUT2D eigenvalue weighted by Gasteiger charge is -2.11. The molecule has 0 atom stereocenters. The van der Waals surface area contributed by atoms with Crippen molar-refractivity contribution < 1.29 is 4.74 Å². The van der Waals surface area contributed by atoms with Gasteiger partial charge >= 0.3 is 0 Å². The van der Waals surface area contributed by atoms with Gasteiger partial charge in [-0.2, -0.15) is 5.26 Å². The number of ether oxygens (including phenoxy) is 1. The molecule has 0 aliphatic heterocycles. The monoisotopic (exact) mass is 237 g/mol. The topological polar surface area (TPSA) is 33.0 Å². The summed E-state index contributed by atoms with van der Waals surface area (Å²) in [7, 11) is 0. The summed E-state index contributed by atoms with van der Waals surface area (Å²) in [4.78, 5) is 0. The number of rotatable bonds is 6. The summed E-state index contributed by atoms with van der Waals surface area (Å²) in [6.45, 7) is 2.69. The molecular formula is C13H16ClNO. The summed E-state index contributed by atoms with van der Waals surface area (Å²) in [5.41, 5.74) is 1.07. The highest BCUT2D eigenvalue weighted by Crippen LogP contribution is 2.27. The third-order valence-corrected chi connectivity index (χ3v) is 2.62. The first-order valence-corrected chi connectivity index (χ1v) is 5.94. The molecule has 0 aromatic heterocycles. The van der Waals surface area contributed by atoms with Crippen molar-refractivity contribution in [2.24, 2.45) is 0 Å². The lowest BCUT2D eigenvalue weighted by Crippen LogP contribution is -2.00. The molecule has 0 spiro atoms. The molecule has 1 aromatic rings. The minimum absolute atomic E-state index is 0.531. The van der Waals surface area contributed by atoms with E-state index >= 15 is 0 Å². The Labute approximate surface area is 102 Å². The maximum Gasteiger partial charge on any atom is 0.123 e. The molecule has 2 nitrogen and oxygen atoms in total. The summed E-state index contributed by atoms with van der Waals surface area (Å²) < 4.78 is 5.64. The molecule has 0 saturated heterocycles. The van der Waals surface area contributed by atoms with Gasteiger partial charge in [0, 0.05) is 17.0 Å². The van der Waals surface area contributed by atoms with E-state index in [0.717, 1.165) is 35.6 Å². The first-order chi connectivity index (χ1) is 7.79. The zero-order valence-corrected chi connectivity index (χ0v) is 10.3. The van der Waals surface area contributed by atoms with Crippen LogP contribution in [0.2, 0.25) is 5.02 Å². The number of halogens is 1. The van der Waals surface area contributed by atoms with Gasteiger partial charge < -0.3 is 4.74 Å². The molecular weight excluding hydrogens is 222 g/mol. The molecule has 0 unspecified atom stereocenters. The molecule has 0 N–H and O–H groups in total. The van der Waals surface area contributed by atoms with Gasteiger partial charge in [0.15, 0.2) is 0 Å². The van der Waals surface area contributed by atoms with Crippen molar-refractivity contribution in [3.63, 3.8) is 0 Å². The minimum atomic E-state index is 0.531. The largest absolute Gasteiger partial charge is 0.493 e. The van der Waals surface area contributed by atoms with Gasteiger partial charge in [0.2, 0.25) is 0 Å². The Morgan fingerprint density at radius 3 is 2.94 bits per heavy atom. The number of nitrogens with zero attached hydrogens (tertiary/aromatic N) is 1. The van der Waals surface area contributed by atoms with E-state index in [0.29, 0.717) is 13.0 Å². The molecule has 0 amide bonds. The van der Waals surface area contributed by atoms with Crippen molar-refractivity contribution in [2.45, 2.75) is 32.6 Å². The highest BCUT2D eigenvalue weighted by Gasteiger charge is 2.06. The summed E-state index contributed by atoms with van der Waals surface area (Å²) in [6.07, 6.45) is 3.25. The van der Waals surface area contributed by atoms with Gasteiger partial charge in [-0.05, 0) is 25.0 Å². The van der Waals surface area contributed by atoms with E-state index in [-0.39, 0.29) is 0 Å². The second-order valence-corrected chi connectivity index (χ2v) is 3.98. The van der Waals surface area contributed by atoms with E-state index in [2.05, 4.69) is 13.0 Å². The Hall–Kier alpha value is -1.20. The zero-order valence-electron chi connectivity index (χ0n) is 9.50. The first-order valence-electron chi connectivity index (χ1n) is 5.56. The quantitative estimate of drug-likeness (QED) is 0.702. The maximum absolute atomic E-state index is 8.42. The van der Waals surface area contributed by atoms with E-state index in [1.165, 1.54) is 0 Å². The third-order valence-electron chi connectivity index (χ3n) is 2.27. The van der Waals surface area contributed by atoms with Crippen LogP contribution in [0.5, 0.6) is 5.75 Å². The van der Waals surface area contributed by atoms with Gasteiger partial charge in [0.1, 0.15) is 5.75 Å². The van der Waals surface area contributed by atoms with Gasteiger partial charge in [-0.15, -0.1) is 0 Å². The van der Waals surface area contributed by atoms with Crippen LogP contribution in [0.15, 0.2) is 18.2 Å². The van der Waals surface area contributed by atoms with Crippen LogP contribution in [-0.4, -0.2) is 6.61 Å². The number of hydrogen-bond acceptors (Lipinski definition) is 2. The average Bonchev–Trinajstić information content (AvgIpc) is 2.29. The number of hydrogen-bond donors (Lipinski definition) is 0. The van der Waals surface area contributed by atoms with Crippen LogP contribution in [0, 0.1) is 11.3 Å². The number of unbranched alkanes of at least 4 members (excludes halogenated alkanes) is 1. The lowest BCUT2D eigenvalue weighted by atomic mass is 10.1. The standard InChI is InChI=1S/C13H16ClNO/c1-2-6-11-12(14)7-5-8-13(11)16-10-4-3-9-15/h5,7-8H,2-4,6,10H2,1H3. The van der Waals surface area contributed by atoms with Gasteiger partial charge in [-0.1, -0.05) is 31.0 Å². The fraction of sp³-hybridized carbons (Fsp3) is 0.462. The molecule has 86 valence electrons. The SMILES string of the molecule is CCCc1c(Cl)cccc1OCCCC#N. The maximum atomic E-state index is 8.42. The molecule has 0 fully saturated rings. The summed E-state index contributed by atoms with van der Waals surface area (Å²) in [5.74, 6) is 0.854. The van der Waals surface area contributed by atoms with Crippen LogP contribution in [0.3, 0.4) is 0 Å². The molecule has 0 radical (unpaired) electrons. The molecule has 3 heteroatoms. The zero-order chi connectivity index (χ0) is 11.8.